The largest absolute Gasteiger partial charge is 0.483 e. The Morgan fingerprint density at radius 3 is 2.42 bits per heavy atom. The maximum absolute atomic E-state index is 12.0. The van der Waals surface area contributed by atoms with Crippen LogP contribution in [0.3, 0.4) is 0 Å². The predicted octanol–water partition coefficient (Wildman–Crippen LogP) is 3.65. The van der Waals surface area contributed by atoms with Gasteiger partial charge in [-0.1, -0.05) is 11.6 Å². The summed E-state index contributed by atoms with van der Waals surface area (Å²) in [5, 5.41) is 3.37. The van der Waals surface area contributed by atoms with E-state index in [9.17, 15) is 9.59 Å². The van der Waals surface area contributed by atoms with Crippen molar-refractivity contribution in [3.63, 3.8) is 0 Å². The lowest BCUT2D eigenvalue weighted by Gasteiger charge is -2.15. The molecule has 0 fully saturated rings. The lowest BCUT2D eigenvalue weighted by Crippen LogP contribution is -2.23. The fourth-order valence-corrected chi connectivity index (χ4v) is 2.29. The number of carbonyl (C=O) groups excluding carboxylic acids is 2. The molecule has 0 unspecified atom stereocenters. The van der Waals surface area contributed by atoms with Gasteiger partial charge in [0.2, 0.25) is 5.91 Å². The first kappa shape index (κ1) is 17.8. The van der Waals surface area contributed by atoms with Crippen LogP contribution in [0, 0.1) is 6.92 Å². The van der Waals surface area contributed by atoms with E-state index in [2.05, 4.69) is 5.32 Å². The van der Waals surface area contributed by atoms with Crippen molar-refractivity contribution in [2.45, 2.75) is 13.8 Å². The second kappa shape index (κ2) is 7.84. The molecule has 0 spiro atoms. The van der Waals surface area contributed by atoms with Crippen LogP contribution < -0.4 is 15.0 Å². The first-order valence-electron chi connectivity index (χ1n) is 7.40. The zero-order chi connectivity index (χ0) is 17.7. The molecule has 0 aliphatic rings. The molecule has 0 bridgehead atoms. The maximum atomic E-state index is 12.0. The lowest BCUT2D eigenvalue weighted by atomic mass is 10.2. The van der Waals surface area contributed by atoms with Crippen LogP contribution in [0.15, 0.2) is 42.5 Å². The van der Waals surface area contributed by atoms with Gasteiger partial charge in [-0.25, -0.2) is 0 Å². The van der Waals surface area contributed by atoms with E-state index in [1.807, 2.05) is 6.92 Å². The van der Waals surface area contributed by atoms with Gasteiger partial charge >= 0.3 is 0 Å². The summed E-state index contributed by atoms with van der Waals surface area (Å²) in [5.74, 6) is 0.295. The molecule has 0 radical (unpaired) electrons. The summed E-state index contributed by atoms with van der Waals surface area (Å²) >= 11 is 5.88. The summed E-state index contributed by atoms with van der Waals surface area (Å²) in [6.07, 6.45) is 0. The highest BCUT2D eigenvalue weighted by atomic mass is 35.5. The van der Waals surface area contributed by atoms with Crippen molar-refractivity contribution in [1.82, 2.24) is 0 Å². The van der Waals surface area contributed by atoms with Crippen LogP contribution in [-0.2, 0) is 9.59 Å². The fraction of sp³-hybridized carbons (Fsp3) is 0.222. The minimum absolute atomic E-state index is 0.0569. The number of halogens is 1. The minimum Gasteiger partial charge on any atom is -0.483 e. The number of nitrogens with one attached hydrogen (secondary N) is 1. The Balaban J connectivity index is 1.91. The average molecular weight is 347 g/mol. The number of anilines is 2. The van der Waals surface area contributed by atoms with Crippen LogP contribution in [0.1, 0.15) is 12.5 Å². The molecule has 2 rings (SSSR count). The summed E-state index contributed by atoms with van der Waals surface area (Å²) < 4.78 is 5.50. The number of hydrogen-bond donors (Lipinski definition) is 1. The van der Waals surface area contributed by atoms with Gasteiger partial charge in [0.05, 0.1) is 0 Å². The van der Waals surface area contributed by atoms with Gasteiger partial charge in [0.25, 0.3) is 5.91 Å². The smallest absolute Gasteiger partial charge is 0.262 e. The second-order valence-corrected chi connectivity index (χ2v) is 5.81. The second-order valence-electron chi connectivity index (χ2n) is 5.37. The van der Waals surface area contributed by atoms with Gasteiger partial charge < -0.3 is 15.0 Å². The number of aryl methyl sites for hydroxylation is 1. The van der Waals surface area contributed by atoms with E-state index < -0.39 is 0 Å². The lowest BCUT2D eigenvalue weighted by molar-refractivity contribution is -0.118. The molecular weight excluding hydrogens is 328 g/mol. The third-order valence-electron chi connectivity index (χ3n) is 3.51. The number of benzene rings is 2. The SMILES string of the molecule is CC(=O)N(C)c1ccc(NC(=O)COc2ccc(Cl)cc2C)cc1. The molecule has 1 N–H and O–H groups in total. The molecule has 2 aromatic rings. The first-order valence-corrected chi connectivity index (χ1v) is 7.78. The molecule has 24 heavy (non-hydrogen) atoms. The van der Waals surface area contributed by atoms with E-state index in [4.69, 9.17) is 16.3 Å². The summed E-state index contributed by atoms with van der Waals surface area (Å²) in [5.41, 5.74) is 2.26. The number of ether oxygens (including phenoxy) is 1. The van der Waals surface area contributed by atoms with Crippen LogP contribution in [0.5, 0.6) is 5.75 Å². The molecule has 2 amide bonds. The third kappa shape index (κ3) is 4.73. The third-order valence-corrected chi connectivity index (χ3v) is 3.74. The van der Waals surface area contributed by atoms with Gasteiger partial charge in [0.1, 0.15) is 5.75 Å². The van der Waals surface area contributed by atoms with E-state index in [0.29, 0.717) is 16.5 Å². The Hall–Kier alpha value is -2.53. The topological polar surface area (TPSA) is 58.6 Å². The van der Waals surface area contributed by atoms with E-state index in [1.165, 1.54) is 11.8 Å². The maximum Gasteiger partial charge on any atom is 0.262 e. The van der Waals surface area contributed by atoms with Crippen molar-refractivity contribution >= 4 is 34.8 Å². The van der Waals surface area contributed by atoms with E-state index in [0.717, 1.165) is 11.3 Å². The molecule has 0 aromatic heterocycles. The number of amides is 2. The van der Waals surface area contributed by atoms with Crippen molar-refractivity contribution in [2.24, 2.45) is 0 Å². The van der Waals surface area contributed by atoms with Crippen molar-refractivity contribution < 1.29 is 14.3 Å². The van der Waals surface area contributed by atoms with E-state index in [1.54, 1.807) is 49.5 Å². The molecular formula is C18H19ClN2O3. The Labute approximate surface area is 146 Å². The molecule has 6 heteroatoms. The molecule has 0 saturated heterocycles. The first-order chi connectivity index (χ1) is 11.4. The van der Waals surface area contributed by atoms with Gasteiger partial charge in [-0.15, -0.1) is 0 Å². The van der Waals surface area contributed by atoms with Crippen molar-refractivity contribution in [1.29, 1.82) is 0 Å². The van der Waals surface area contributed by atoms with Gasteiger partial charge in [-0.2, -0.15) is 0 Å². The molecule has 2 aromatic carbocycles. The number of rotatable bonds is 5. The highest BCUT2D eigenvalue weighted by molar-refractivity contribution is 6.30. The summed E-state index contributed by atoms with van der Waals surface area (Å²) in [6.45, 7) is 3.26. The minimum atomic E-state index is -0.267. The number of carbonyl (C=O) groups is 2. The van der Waals surface area contributed by atoms with Crippen LogP contribution in [0.2, 0.25) is 5.02 Å². The normalized spacial score (nSPS) is 10.2. The van der Waals surface area contributed by atoms with Crippen molar-refractivity contribution in [3.05, 3.63) is 53.1 Å². The molecule has 0 aliphatic carbocycles. The summed E-state index contributed by atoms with van der Waals surface area (Å²) in [7, 11) is 1.69. The van der Waals surface area contributed by atoms with Gasteiger partial charge in [0, 0.05) is 30.4 Å². The summed E-state index contributed by atoms with van der Waals surface area (Å²) in [4.78, 5) is 24.8. The highest BCUT2D eigenvalue weighted by Crippen LogP contribution is 2.22. The fourth-order valence-electron chi connectivity index (χ4n) is 2.07. The number of hydrogen-bond acceptors (Lipinski definition) is 3. The highest BCUT2D eigenvalue weighted by Gasteiger charge is 2.08. The standard InChI is InChI=1S/C18H19ClN2O3/c1-12-10-14(19)4-9-17(12)24-11-18(23)20-15-5-7-16(8-6-15)21(3)13(2)22/h4-10H,11H2,1-3H3,(H,20,23). The van der Waals surface area contributed by atoms with Crippen molar-refractivity contribution in [2.75, 3.05) is 23.9 Å². The molecule has 0 heterocycles. The zero-order valence-corrected chi connectivity index (χ0v) is 14.6. The monoisotopic (exact) mass is 346 g/mol. The average Bonchev–Trinajstić information content (AvgIpc) is 2.54. The molecule has 0 aliphatic heterocycles. The van der Waals surface area contributed by atoms with Gasteiger partial charge in [0.15, 0.2) is 6.61 Å². The van der Waals surface area contributed by atoms with E-state index in [-0.39, 0.29) is 18.4 Å². The Kier molecular flexibility index (Phi) is 5.82. The Morgan fingerprint density at radius 2 is 1.83 bits per heavy atom. The van der Waals surface area contributed by atoms with Crippen LogP contribution in [0.4, 0.5) is 11.4 Å². The number of nitrogens with zero attached hydrogens (tertiary/aromatic N) is 1. The Morgan fingerprint density at radius 1 is 1.17 bits per heavy atom. The van der Waals surface area contributed by atoms with Crippen LogP contribution in [0.25, 0.3) is 0 Å². The molecule has 126 valence electrons. The van der Waals surface area contributed by atoms with Crippen molar-refractivity contribution in [3.8, 4) is 5.75 Å². The predicted molar refractivity (Wildman–Crippen MR) is 95.8 cm³/mol. The van der Waals surface area contributed by atoms with Gasteiger partial charge in [-0.05, 0) is 55.0 Å². The summed E-state index contributed by atoms with van der Waals surface area (Å²) in [6, 6.07) is 12.2. The molecule has 0 saturated carbocycles. The van der Waals surface area contributed by atoms with Gasteiger partial charge in [-0.3, -0.25) is 9.59 Å². The quantitative estimate of drug-likeness (QED) is 0.899. The van der Waals surface area contributed by atoms with Crippen LogP contribution in [-0.4, -0.2) is 25.5 Å². The molecule has 5 nitrogen and oxygen atoms in total. The Bertz CT molecular complexity index is 744. The van der Waals surface area contributed by atoms with Crippen LogP contribution >= 0.6 is 11.6 Å². The molecule has 0 atom stereocenters. The zero-order valence-electron chi connectivity index (χ0n) is 13.8. The van der Waals surface area contributed by atoms with E-state index >= 15 is 0 Å².